The van der Waals surface area contributed by atoms with Crippen LogP contribution in [-0.4, -0.2) is 42.3 Å². The number of carboxylic acid groups (broad SMARTS) is 1. The van der Waals surface area contributed by atoms with E-state index in [-0.39, 0.29) is 36.7 Å². The Kier molecular flexibility index (Phi) is 7.43. The fourth-order valence-corrected chi connectivity index (χ4v) is 5.21. The van der Waals surface area contributed by atoms with Crippen LogP contribution >= 0.6 is 0 Å². The Morgan fingerprint density at radius 1 is 1.03 bits per heavy atom. The number of rotatable bonds is 11. The van der Waals surface area contributed by atoms with E-state index in [9.17, 15) is 14.4 Å². The van der Waals surface area contributed by atoms with Crippen LogP contribution in [0.25, 0.3) is 11.1 Å². The molecule has 1 unspecified atom stereocenters. The summed E-state index contributed by atoms with van der Waals surface area (Å²) in [6, 6.07) is 15.2. The number of aliphatic carboxylic acids is 1. The van der Waals surface area contributed by atoms with Crippen molar-refractivity contribution in [1.29, 1.82) is 0 Å². The number of hydrogen-bond acceptors (Lipinski definition) is 4. The van der Waals surface area contributed by atoms with E-state index in [2.05, 4.69) is 36.6 Å². The minimum absolute atomic E-state index is 0.00252. The number of nitrogens with one attached hydrogen (secondary N) is 2. The highest BCUT2D eigenvalue weighted by Gasteiger charge is 2.43. The third-order valence-corrected chi connectivity index (χ3v) is 7.04. The van der Waals surface area contributed by atoms with E-state index in [1.807, 2.05) is 36.4 Å². The highest BCUT2D eigenvalue weighted by Crippen LogP contribution is 2.50. The second-order valence-corrected chi connectivity index (χ2v) is 10.3. The summed E-state index contributed by atoms with van der Waals surface area (Å²) in [4.78, 5) is 36.7. The standard InChI is InChI=1S/C28H34N2O5/c1-18(2)15-28(13-14-28)17-29-26(33)24(11-12-25(31)32)30-27(34)35-16-23-21-9-5-3-7-19(21)20-8-4-6-10-22(20)23/h3-10,18,23-24H,11-17H2,1-2H3,(H,29,33)(H,30,34)(H,31,32). The van der Waals surface area contributed by atoms with Gasteiger partial charge < -0.3 is 20.5 Å². The first kappa shape index (κ1) is 24.8. The third-order valence-electron chi connectivity index (χ3n) is 7.04. The second-order valence-electron chi connectivity index (χ2n) is 10.3. The van der Waals surface area contributed by atoms with E-state index in [1.54, 1.807) is 0 Å². The molecule has 35 heavy (non-hydrogen) atoms. The van der Waals surface area contributed by atoms with Gasteiger partial charge in [0.05, 0.1) is 0 Å². The van der Waals surface area contributed by atoms with Crippen LogP contribution in [0.5, 0.6) is 0 Å². The van der Waals surface area contributed by atoms with Crippen molar-refractivity contribution in [1.82, 2.24) is 10.6 Å². The molecule has 0 aliphatic heterocycles. The van der Waals surface area contributed by atoms with Crippen molar-refractivity contribution < 1.29 is 24.2 Å². The molecule has 1 saturated carbocycles. The molecule has 2 aromatic rings. The van der Waals surface area contributed by atoms with Gasteiger partial charge in [-0.2, -0.15) is 0 Å². The Hall–Kier alpha value is -3.35. The van der Waals surface area contributed by atoms with Gasteiger partial charge in [-0.25, -0.2) is 4.79 Å². The molecule has 1 fully saturated rings. The van der Waals surface area contributed by atoms with E-state index in [4.69, 9.17) is 9.84 Å². The highest BCUT2D eigenvalue weighted by molar-refractivity contribution is 5.86. The second kappa shape index (κ2) is 10.5. The van der Waals surface area contributed by atoms with Crippen LogP contribution in [0.15, 0.2) is 48.5 Å². The lowest BCUT2D eigenvalue weighted by Gasteiger charge is -2.22. The van der Waals surface area contributed by atoms with Gasteiger partial charge in [-0.1, -0.05) is 62.4 Å². The Morgan fingerprint density at radius 2 is 1.63 bits per heavy atom. The van der Waals surface area contributed by atoms with Gasteiger partial charge in [0.25, 0.3) is 0 Å². The Labute approximate surface area is 206 Å². The molecule has 0 radical (unpaired) electrons. The monoisotopic (exact) mass is 478 g/mol. The minimum Gasteiger partial charge on any atom is -0.481 e. The molecule has 2 aliphatic carbocycles. The van der Waals surface area contributed by atoms with Gasteiger partial charge in [0, 0.05) is 18.9 Å². The Balaban J connectivity index is 1.36. The largest absolute Gasteiger partial charge is 0.481 e. The van der Waals surface area contributed by atoms with E-state index < -0.39 is 18.1 Å². The van der Waals surface area contributed by atoms with Gasteiger partial charge >= 0.3 is 12.1 Å². The fraction of sp³-hybridized carbons (Fsp3) is 0.464. The van der Waals surface area contributed by atoms with Crippen LogP contribution in [0.3, 0.4) is 0 Å². The number of carboxylic acids is 1. The molecule has 0 spiro atoms. The van der Waals surface area contributed by atoms with E-state index in [1.165, 1.54) is 0 Å². The average Bonchev–Trinajstić information content (AvgIpc) is 3.51. The van der Waals surface area contributed by atoms with Crippen molar-refractivity contribution in [2.45, 2.75) is 57.9 Å². The molecule has 1 atom stereocenters. The zero-order valence-electron chi connectivity index (χ0n) is 20.4. The molecular formula is C28H34N2O5. The zero-order chi connectivity index (χ0) is 25.0. The summed E-state index contributed by atoms with van der Waals surface area (Å²) in [5.74, 6) is -0.938. The molecule has 3 N–H and O–H groups in total. The van der Waals surface area contributed by atoms with Crippen LogP contribution in [0.4, 0.5) is 4.79 Å². The molecule has 0 heterocycles. The first-order valence-electron chi connectivity index (χ1n) is 12.4. The predicted octanol–water partition coefficient (Wildman–Crippen LogP) is 4.70. The average molecular weight is 479 g/mol. The molecule has 7 heteroatoms. The van der Waals surface area contributed by atoms with Crippen LogP contribution in [0, 0.1) is 11.3 Å². The summed E-state index contributed by atoms with van der Waals surface area (Å²) in [7, 11) is 0. The van der Waals surface area contributed by atoms with Crippen LogP contribution in [0.1, 0.15) is 63.0 Å². The van der Waals surface area contributed by atoms with E-state index in [0.29, 0.717) is 12.5 Å². The number of benzene rings is 2. The van der Waals surface area contributed by atoms with E-state index >= 15 is 0 Å². The maximum absolute atomic E-state index is 12.9. The lowest BCUT2D eigenvalue weighted by atomic mass is 9.94. The summed E-state index contributed by atoms with van der Waals surface area (Å²) >= 11 is 0. The first-order valence-corrected chi connectivity index (χ1v) is 12.4. The number of fused-ring (bicyclic) bond motifs is 3. The topological polar surface area (TPSA) is 105 Å². The number of alkyl carbamates (subject to hydrolysis) is 1. The molecule has 2 amide bonds. The lowest BCUT2D eigenvalue weighted by molar-refractivity contribution is -0.137. The van der Waals surface area contributed by atoms with Gasteiger partial charge in [-0.05, 0) is 59.3 Å². The number of hydrogen-bond donors (Lipinski definition) is 3. The molecule has 2 aromatic carbocycles. The maximum atomic E-state index is 12.9. The van der Waals surface area contributed by atoms with Crippen molar-refractivity contribution in [3.05, 3.63) is 59.7 Å². The highest BCUT2D eigenvalue weighted by atomic mass is 16.5. The van der Waals surface area contributed by atoms with Crippen molar-refractivity contribution in [3.63, 3.8) is 0 Å². The zero-order valence-corrected chi connectivity index (χ0v) is 20.4. The predicted molar refractivity (Wildman–Crippen MR) is 133 cm³/mol. The quantitative estimate of drug-likeness (QED) is 0.434. The summed E-state index contributed by atoms with van der Waals surface area (Å²) in [5.41, 5.74) is 4.59. The van der Waals surface area contributed by atoms with Crippen LogP contribution in [0.2, 0.25) is 0 Å². The van der Waals surface area contributed by atoms with E-state index in [0.717, 1.165) is 41.5 Å². The van der Waals surface area contributed by atoms with Gasteiger partial charge in [0.15, 0.2) is 0 Å². The molecule has 4 rings (SSSR count). The molecule has 0 aromatic heterocycles. The normalized spacial score (nSPS) is 16.2. The number of carbonyl (C=O) groups excluding carboxylic acids is 2. The van der Waals surface area contributed by atoms with Crippen molar-refractivity contribution >= 4 is 18.0 Å². The maximum Gasteiger partial charge on any atom is 0.407 e. The minimum atomic E-state index is -1.02. The Bertz CT molecular complexity index is 1050. The molecule has 2 aliphatic rings. The Morgan fingerprint density at radius 3 is 2.17 bits per heavy atom. The molecule has 7 nitrogen and oxygen atoms in total. The van der Waals surface area contributed by atoms with Crippen molar-refractivity contribution in [3.8, 4) is 11.1 Å². The smallest absolute Gasteiger partial charge is 0.407 e. The molecule has 186 valence electrons. The van der Waals surface area contributed by atoms with Gasteiger partial charge in [-0.3, -0.25) is 9.59 Å². The first-order chi connectivity index (χ1) is 16.8. The SMILES string of the molecule is CC(C)CC1(CNC(=O)C(CCC(=O)O)NC(=O)OCC2c3ccccc3-c3ccccc32)CC1. The summed E-state index contributed by atoms with van der Waals surface area (Å²) in [6.45, 7) is 5.00. The summed E-state index contributed by atoms with van der Waals surface area (Å²) in [5, 5.41) is 14.6. The number of amides is 2. The van der Waals surface area contributed by atoms with Crippen molar-refractivity contribution in [2.75, 3.05) is 13.2 Å². The van der Waals surface area contributed by atoms with Crippen molar-refractivity contribution in [2.24, 2.45) is 11.3 Å². The third kappa shape index (κ3) is 6.02. The lowest BCUT2D eigenvalue weighted by Crippen LogP contribution is -2.48. The molecular weight excluding hydrogens is 444 g/mol. The van der Waals surface area contributed by atoms with Gasteiger partial charge in [0.2, 0.25) is 5.91 Å². The summed E-state index contributed by atoms with van der Waals surface area (Å²) < 4.78 is 5.56. The van der Waals surface area contributed by atoms with Gasteiger partial charge in [-0.15, -0.1) is 0 Å². The van der Waals surface area contributed by atoms with Gasteiger partial charge in [0.1, 0.15) is 12.6 Å². The number of ether oxygens (including phenoxy) is 1. The van der Waals surface area contributed by atoms with Crippen LogP contribution < -0.4 is 10.6 Å². The fourth-order valence-electron chi connectivity index (χ4n) is 5.21. The number of carbonyl (C=O) groups is 3. The van der Waals surface area contributed by atoms with Crippen LogP contribution in [-0.2, 0) is 14.3 Å². The molecule has 0 saturated heterocycles. The molecule has 0 bridgehead atoms. The summed E-state index contributed by atoms with van der Waals surface area (Å²) in [6.07, 6.45) is 2.24.